The third-order valence-corrected chi connectivity index (χ3v) is 5.59. The number of amides is 1. The van der Waals surface area contributed by atoms with E-state index in [4.69, 9.17) is 0 Å². The van der Waals surface area contributed by atoms with E-state index >= 15 is 0 Å². The molecule has 0 saturated carbocycles. The number of pyridine rings is 1. The van der Waals surface area contributed by atoms with Crippen molar-refractivity contribution >= 4 is 5.91 Å². The average molecular weight is 330 g/mol. The van der Waals surface area contributed by atoms with Crippen molar-refractivity contribution in [1.29, 1.82) is 0 Å². The van der Waals surface area contributed by atoms with Gasteiger partial charge in [-0.3, -0.25) is 14.7 Å². The van der Waals surface area contributed by atoms with Crippen LogP contribution in [0.1, 0.15) is 37.7 Å². The molecule has 24 heavy (non-hydrogen) atoms. The Hall–Kier alpha value is -1.46. The summed E-state index contributed by atoms with van der Waals surface area (Å²) in [5.41, 5.74) is 1.39. The van der Waals surface area contributed by atoms with Crippen LogP contribution in [0.4, 0.5) is 0 Å². The summed E-state index contributed by atoms with van der Waals surface area (Å²) < 4.78 is 0. The van der Waals surface area contributed by atoms with Crippen LogP contribution in [0.3, 0.4) is 0 Å². The van der Waals surface area contributed by atoms with Gasteiger partial charge < -0.3 is 9.80 Å². The molecule has 3 heterocycles. The van der Waals surface area contributed by atoms with Crippen molar-refractivity contribution in [3.63, 3.8) is 0 Å². The first-order chi connectivity index (χ1) is 11.6. The average Bonchev–Trinajstić information content (AvgIpc) is 2.74. The van der Waals surface area contributed by atoms with Crippen molar-refractivity contribution in [3.05, 3.63) is 30.1 Å². The second kappa shape index (κ2) is 7.62. The van der Waals surface area contributed by atoms with Gasteiger partial charge >= 0.3 is 0 Å². The lowest BCUT2D eigenvalue weighted by Gasteiger charge is -2.39. The minimum atomic E-state index is 0.108. The molecule has 3 rings (SSSR count). The van der Waals surface area contributed by atoms with Crippen LogP contribution in [0.15, 0.2) is 24.5 Å². The molecule has 132 valence electrons. The minimum Gasteiger partial charge on any atom is -0.336 e. The molecule has 1 atom stereocenters. The molecule has 0 radical (unpaired) electrons. The summed E-state index contributed by atoms with van der Waals surface area (Å²) in [5, 5.41) is 0. The van der Waals surface area contributed by atoms with E-state index in [1.165, 1.54) is 12.0 Å². The number of hydrogen-bond acceptors (Lipinski definition) is 4. The van der Waals surface area contributed by atoms with Crippen molar-refractivity contribution < 1.29 is 4.79 Å². The van der Waals surface area contributed by atoms with E-state index in [2.05, 4.69) is 39.8 Å². The van der Waals surface area contributed by atoms with Gasteiger partial charge in [0.25, 0.3) is 0 Å². The van der Waals surface area contributed by atoms with Gasteiger partial charge in [0.2, 0.25) is 5.91 Å². The van der Waals surface area contributed by atoms with Crippen LogP contribution in [-0.2, 0) is 11.3 Å². The van der Waals surface area contributed by atoms with E-state index in [9.17, 15) is 4.79 Å². The number of rotatable bonds is 5. The maximum atomic E-state index is 12.4. The van der Waals surface area contributed by atoms with E-state index in [-0.39, 0.29) is 5.54 Å². The monoisotopic (exact) mass is 330 g/mol. The number of carbonyl (C=O) groups is 1. The lowest BCUT2D eigenvalue weighted by Crippen LogP contribution is -2.48. The molecule has 0 N–H and O–H groups in total. The maximum absolute atomic E-state index is 12.4. The summed E-state index contributed by atoms with van der Waals surface area (Å²) in [6.45, 7) is 4.98. The van der Waals surface area contributed by atoms with Gasteiger partial charge in [0.05, 0.1) is 0 Å². The molecule has 0 bridgehead atoms. The van der Waals surface area contributed by atoms with Gasteiger partial charge in [-0.2, -0.15) is 0 Å². The van der Waals surface area contributed by atoms with Crippen molar-refractivity contribution in [3.8, 4) is 0 Å². The zero-order chi connectivity index (χ0) is 17.0. The summed E-state index contributed by atoms with van der Waals surface area (Å²) in [6.07, 6.45) is 8.99. The fraction of sp³-hybridized carbons (Fsp3) is 0.684. The first-order valence-corrected chi connectivity index (χ1v) is 9.16. The van der Waals surface area contributed by atoms with Crippen LogP contribution in [0, 0.1) is 0 Å². The lowest BCUT2D eigenvalue weighted by atomic mass is 9.87. The molecule has 2 saturated heterocycles. The molecule has 5 nitrogen and oxygen atoms in total. The topological polar surface area (TPSA) is 39.7 Å². The zero-order valence-electron chi connectivity index (χ0n) is 15.1. The Labute approximate surface area is 145 Å². The largest absolute Gasteiger partial charge is 0.336 e. The number of likely N-dealkylation sites (tertiary alicyclic amines) is 2. The molecule has 0 aliphatic carbocycles. The van der Waals surface area contributed by atoms with Gasteiger partial charge in [-0.1, -0.05) is 6.07 Å². The number of likely N-dealkylation sites (N-methyl/N-ethyl adjacent to an activating group) is 1. The predicted molar refractivity (Wildman–Crippen MR) is 95.6 cm³/mol. The predicted octanol–water partition coefficient (Wildman–Crippen LogP) is 1.99. The molecule has 2 aliphatic rings. The highest BCUT2D eigenvalue weighted by molar-refractivity contribution is 5.79. The van der Waals surface area contributed by atoms with Gasteiger partial charge in [-0.05, 0) is 58.0 Å². The third kappa shape index (κ3) is 3.95. The zero-order valence-corrected chi connectivity index (χ0v) is 15.1. The van der Waals surface area contributed by atoms with E-state index in [1.807, 2.05) is 18.5 Å². The van der Waals surface area contributed by atoms with Crippen LogP contribution in [0.5, 0.6) is 0 Å². The minimum absolute atomic E-state index is 0.108. The van der Waals surface area contributed by atoms with E-state index in [0.29, 0.717) is 5.91 Å². The normalized spacial score (nSPS) is 25.6. The Morgan fingerprint density at radius 2 is 2.12 bits per heavy atom. The highest BCUT2D eigenvalue weighted by atomic mass is 16.2. The van der Waals surface area contributed by atoms with Crippen LogP contribution < -0.4 is 0 Å². The van der Waals surface area contributed by atoms with E-state index in [0.717, 1.165) is 58.4 Å². The lowest BCUT2D eigenvalue weighted by molar-refractivity contribution is -0.131. The SMILES string of the molecule is CN(C)CCN1C(=O)CC[C@]12CCCN(Cc1cccnc1)CC2. The van der Waals surface area contributed by atoms with Crippen molar-refractivity contribution in [1.82, 2.24) is 19.7 Å². The quantitative estimate of drug-likeness (QED) is 0.828. The molecule has 0 unspecified atom stereocenters. The Morgan fingerprint density at radius 3 is 2.88 bits per heavy atom. The molecule has 1 aromatic rings. The Morgan fingerprint density at radius 1 is 1.25 bits per heavy atom. The molecule has 2 fully saturated rings. The Balaban J connectivity index is 1.63. The molecule has 1 spiro atoms. The molecule has 2 aliphatic heterocycles. The fourth-order valence-corrected chi connectivity index (χ4v) is 4.20. The first-order valence-electron chi connectivity index (χ1n) is 9.16. The molecule has 1 amide bonds. The second-order valence-corrected chi connectivity index (χ2v) is 7.56. The van der Waals surface area contributed by atoms with Gasteiger partial charge in [0.1, 0.15) is 0 Å². The van der Waals surface area contributed by atoms with Crippen LogP contribution in [0.25, 0.3) is 0 Å². The van der Waals surface area contributed by atoms with Crippen molar-refractivity contribution in [2.75, 3.05) is 40.3 Å². The van der Waals surface area contributed by atoms with Gasteiger partial charge in [0.15, 0.2) is 0 Å². The number of nitrogens with zero attached hydrogens (tertiary/aromatic N) is 4. The first kappa shape index (κ1) is 17.4. The van der Waals surface area contributed by atoms with E-state index < -0.39 is 0 Å². The number of aromatic nitrogens is 1. The molecule has 0 aromatic carbocycles. The summed E-state index contributed by atoms with van der Waals surface area (Å²) in [6, 6.07) is 4.16. The highest BCUT2D eigenvalue weighted by Gasteiger charge is 2.45. The summed E-state index contributed by atoms with van der Waals surface area (Å²) in [4.78, 5) is 23.6. The van der Waals surface area contributed by atoms with Crippen molar-refractivity contribution in [2.24, 2.45) is 0 Å². The summed E-state index contributed by atoms with van der Waals surface area (Å²) in [7, 11) is 4.16. The molecular weight excluding hydrogens is 300 g/mol. The summed E-state index contributed by atoms with van der Waals surface area (Å²) in [5.74, 6) is 0.359. The van der Waals surface area contributed by atoms with Gasteiger partial charge in [0, 0.05) is 50.5 Å². The van der Waals surface area contributed by atoms with Crippen LogP contribution >= 0.6 is 0 Å². The van der Waals surface area contributed by atoms with Gasteiger partial charge in [-0.25, -0.2) is 0 Å². The standard InChI is InChI=1S/C19H30N4O/c1-21(2)13-14-23-18(24)6-8-19(23)7-4-11-22(12-9-19)16-17-5-3-10-20-15-17/h3,5,10,15H,4,6-9,11-14,16H2,1-2H3/t19-/m0/s1. The van der Waals surface area contributed by atoms with Crippen LogP contribution in [0.2, 0.25) is 0 Å². The maximum Gasteiger partial charge on any atom is 0.223 e. The van der Waals surface area contributed by atoms with E-state index in [1.54, 1.807) is 0 Å². The highest BCUT2D eigenvalue weighted by Crippen LogP contribution is 2.39. The molecule has 1 aromatic heterocycles. The number of carbonyl (C=O) groups excluding carboxylic acids is 1. The number of hydrogen-bond donors (Lipinski definition) is 0. The third-order valence-electron chi connectivity index (χ3n) is 5.59. The second-order valence-electron chi connectivity index (χ2n) is 7.56. The molecular formula is C19H30N4O. The fourth-order valence-electron chi connectivity index (χ4n) is 4.20. The Bertz CT molecular complexity index is 548. The van der Waals surface area contributed by atoms with Crippen LogP contribution in [-0.4, -0.2) is 71.4 Å². The summed E-state index contributed by atoms with van der Waals surface area (Å²) >= 11 is 0. The van der Waals surface area contributed by atoms with Gasteiger partial charge in [-0.15, -0.1) is 0 Å². The smallest absolute Gasteiger partial charge is 0.223 e. The Kier molecular flexibility index (Phi) is 5.51. The molecule has 5 heteroatoms. The van der Waals surface area contributed by atoms with Crippen molar-refractivity contribution in [2.45, 2.75) is 44.2 Å².